The summed E-state index contributed by atoms with van der Waals surface area (Å²) in [7, 11) is 0. The lowest BCUT2D eigenvalue weighted by atomic mass is 9.94. The molecule has 5 heteroatoms. The first-order chi connectivity index (χ1) is 14.8. The van der Waals surface area contributed by atoms with Gasteiger partial charge in [-0.05, 0) is 73.4 Å². The lowest BCUT2D eigenvalue weighted by Crippen LogP contribution is -2.29. The van der Waals surface area contributed by atoms with Gasteiger partial charge in [0.05, 0.1) is 11.6 Å². The van der Waals surface area contributed by atoms with Crippen molar-refractivity contribution in [3.8, 4) is 0 Å². The highest BCUT2D eigenvalue weighted by Crippen LogP contribution is 2.42. The Hall–Kier alpha value is -3.73. The van der Waals surface area contributed by atoms with Crippen LogP contribution in [-0.4, -0.2) is 16.8 Å². The highest BCUT2D eigenvalue weighted by Gasteiger charge is 2.47. The van der Waals surface area contributed by atoms with Crippen molar-refractivity contribution in [3.63, 3.8) is 0 Å². The molecule has 1 aliphatic rings. The number of hydrogen-bond acceptors (Lipinski definition) is 3. The van der Waals surface area contributed by atoms with E-state index in [9.17, 15) is 19.1 Å². The molecule has 1 aliphatic heterocycles. The van der Waals surface area contributed by atoms with E-state index in [0.717, 1.165) is 11.1 Å². The number of hydrogen-bond donors (Lipinski definition) is 1. The van der Waals surface area contributed by atoms with Crippen LogP contribution in [0.4, 0.5) is 10.1 Å². The predicted molar refractivity (Wildman–Crippen MR) is 118 cm³/mol. The summed E-state index contributed by atoms with van der Waals surface area (Å²) >= 11 is 0. The number of halogens is 1. The zero-order valence-corrected chi connectivity index (χ0v) is 17.5. The molecule has 1 saturated heterocycles. The fraction of sp³-hybridized carbons (Fsp3) is 0.154. The van der Waals surface area contributed by atoms with E-state index < -0.39 is 23.5 Å². The van der Waals surface area contributed by atoms with Gasteiger partial charge in [-0.1, -0.05) is 36.4 Å². The van der Waals surface area contributed by atoms with Crippen LogP contribution in [0.15, 0.2) is 72.3 Å². The maximum absolute atomic E-state index is 13.7. The lowest BCUT2D eigenvalue weighted by Gasteiger charge is -2.26. The normalized spacial score (nSPS) is 17.9. The topological polar surface area (TPSA) is 57.6 Å². The number of Topliss-reactive ketones (excluding diaryl/α,β-unsaturated/α-hetero) is 1. The van der Waals surface area contributed by atoms with Crippen LogP contribution in [0.25, 0.3) is 5.76 Å². The van der Waals surface area contributed by atoms with Gasteiger partial charge in [0, 0.05) is 11.3 Å². The molecule has 1 fully saturated rings. The molecule has 0 saturated carbocycles. The molecule has 4 rings (SSSR count). The lowest BCUT2D eigenvalue weighted by molar-refractivity contribution is -0.132. The van der Waals surface area contributed by atoms with Crippen LogP contribution in [-0.2, 0) is 9.59 Å². The molecular formula is C26H22FNO3. The van der Waals surface area contributed by atoms with Crippen molar-refractivity contribution in [3.05, 3.63) is 106 Å². The van der Waals surface area contributed by atoms with Crippen molar-refractivity contribution in [2.45, 2.75) is 26.8 Å². The summed E-state index contributed by atoms with van der Waals surface area (Å²) in [6.45, 7) is 5.49. The molecule has 156 valence electrons. The van der Waals surface area contributed by atoms with Gasteiger partial charge in [-0.15, -0.1) is 0 Å². The molecule has 1 atom stereocenters. The van der Waals surface area contributed by atoms with E-state index in [1.54, 1.807) is 13.0 Å². The van der Waals surface area contributed by atoms with Gasteiger partial charge >= 0.3 is 0 Å². The largest absolute Gasteiger partial charge is 0.507 e. The van der Waals surface area contributed by atoms with Crippen molar-refractivity contribution >= 4 is 23.1 Å². The average Bonchev–Trinajstić information content (AvgIpc) is 3.03. The van der Waals surface area contributed by atoms with Crippen molar-refractivity contribution in [1.29, 1.82) is 0 Å². The van der Waals surface area contributed by atoms with Crippen LogP contribution in [0.1, 0.15) is 33.9 Å². The minimum Gasteiger partial charge on any atom is -0.507 e. The van der Waals surface area contributed by atoms with Gasteiger partial charge in [0.1, 0.15) is 11.6 Å². The maximum atomic E-state index is 13.7. The van der Waals surface area contributed by atoms with Crippen LogP contribution in [0, 0.1) is 26.6 Å². The molecule has 0 radical (unpaired) electrons. The summed E-state index contributed by atoms with van der Waals surface area (Å²) in [5, 5.41) is 11.1. The third-order valence-electron chi connectivity index (χ3n) is 5.76. The van der Waals surface area contributed by atoms with E-state index >= 15 is 0 Å². The number of amides is 1. The second-order valence-corrected chi connectivity index (χ2v) is 7.81. The van der Waals surface area contributed by atoms with E-state index in [0.29, 0.717) is 16.8 Å². The number of rotatable bonds is 3. The van der Waals surface area contributed by atoms with Gasteiger partial charge in [0.15, 0.2) is 0 Å². The van der Waals surface area contributed by atoms with Crippen LogP contribution < -0.4 is 4.90 Å². The Morgan fingerprint density at radius 2 is 1.58 bits per heavy atom. The number of ketones is 1. The molecule has 1 heterocycles. The Morgan fingerprint density at radius 1 is 0.871 bits per heavy atom. The summed E-state index contributed by atoms with van der Waals surface area (Å²) in [6, 6.07) is 18.0. The summed E-state index contributed by atoms with van der Waals surface area (Å²) in [6.07, 6.45) is 0. The molecule has 0 aliphatic carbocycles. The molecule has 3 aromatic carbocycles. The third kappa shape index (κ3) is 3.52. The van der Waals surface area contributed by atoms with E-state index in [4.69, 9.17) is 0 Å². The fourth-order valence-electron chi connectivity index (χ4n) is 3.87. The number of carbonyl (C=O) groups is 2. The second kappa shape index (κ2) is 7.84. The van der Waals surface area contributed by atoms with Crippen LogP contribution in [0.2, 0.25) is 0 Å². The zero-order chi connectivity index (χ0) is 22.3. The molecule has 31 heavy (non-hydrogen) atoms. The van der Waals surface area contributed by atoms with Gasteiger partial charge in [-0.3, -0.25) is 14.5 Å². The van der Waals surface area contributed by atoms with Gasteiger partial charge in [0.25, 0.3) is 11.7 Å². The van der Waals surface area contributed by atoms with Gasteiger partial charge < -0.3 is 5.11 Å². The highest BCUT2D eigenvalue weighted by molar-refractivity contribution is 6.51. The van der Waals surface area contributed by atoms with Crippen molar-refractivity contribution in [1.82, 2.24) is 0 Å². The standard InChI is InChI=1S/C26H22FNO3/c1-15-9-11-20(14-16(15)2)28-23(18-7-5-4-6-8-18)22(25(30)26(28)31)24(29)19-10-12-21(27)17(3)13-19/h4-14,23,29H,1-3H3/b24-22+. The maximum Gasteiger partial charge on any atom is 0.300 e. The summed E-state index contributed by atoms with van der Waals surface area (Å²) in [4.78, 5) is 27.7. The number of carbonyl (C=O) groups excluding carboxylic acids is 2. The van der Waals surface area contributed by atoms with E-state index in [1.807, 2.05) is 56.3 Å². The molecule has 1 N–H and O–H groups in total. The first-order valence-electron chi connectivity index (χ1n) is 9.99. The second-order valence-electron chi connectivity index (χ2n) is 7.81. The first-order valence-corrected chi connectivity index (χ1v) is 9.99. The number of aliphatic hydroxyl groups is 1. The van der Waals surface area contributed by atoms with E-state index in [1.165, 1.54) is 23.1 Å². The van der Waals surface area contributed by atoms with E-state index in [2.05, 4.69) is 0 Å². The number of aryl methyl sites for hydroxylation is 3. The number of anilines is 1. The number of benzene rings is 3. The highest BCUT2D eigenvalue weighted by atomic mass is 19.1. The summed E-state index contributed by atoms with van der Waals surface area (Å²) in [5.74, 6) is -2.21. The minimum absolute atomic E-state index is 0.0135. The van der Waals surface area contributed by atoms with Crippen LogP contribution in [0.3, 0.4) is 0 Å². The first kappa shape index (κ1) is 20.5. The molecule has 0 aromatic heterocycles. The number of aliphatic hydroxyl groups excluding tert-OH is 1. The van der Waals surface area contributed by atoms with Gasteiger partial charge in [-0.25, -0.2) is 4.39 Å². The van der Waals surface area contributed by atoms with Crippen molar-refractivity contribution < 1.29 is 19.1 Å². The SMILES string of the molecule is Cc1ccc(N2C(=O)C(=O)/C(=C(/O)c3ccc(F)c(C)c3)C2c2ccccc2)cc1C. The fourth-order valence-corrected chi connectivity index (χ4v) is 3.87. The van der Waals surface area contributed by atoms with E-state index in [-0.39, 0.29) is 16.9 Å². The Kier molecular flexibility index (Phi) is 5.19. The predicted octanol–water partition coefficient (Wildman–Crippen LogP) is 5.38. The van der Waals surface area contributed by atoms with Crippen molar-refractivity contribution in [2.24, 2.45) is 0 Å². The average molecular weight is 415 g/mol. The Bertz CT molecular complexity index is 1230. The monoisotopic (exact) mass is 415 g/mol. The molecule has 3 aromatic rings. The van der Waals surface area contributed by atoms with Crippen LogP contribution >= 0.6 is 0 Å². The molecule has 0 bridgehead atoms. The van der Waals surface area contributed by atoms with Gasteiger partial charge in [-0.2, -0.15) is 0 Å². The van der Waals surface area contributed by atoms with Crippen molar-refractivity contribution in [2.75, 3.05) is 4.90 Å². The Labute approximate surface area is 180 Å². The summed E-state index contributed by atoms with van der Waals surface area (Å²) in [5.41, 5.74) is 3.94. The third-order valence-corrected chi connectivity index (χ3v) is 5.76. The minimum atomic E-state index is -0.798. The van der Waals surface area contributed by atoms with Gasteiger partial charge in [0.2, 0.25) is 0 Å². The molecule has 1 amide bonds. The molecule has 1 unspecified atom stereocenters. The molecule has 4 nitrogen and oxygen atoms in total. The Morgan fingerprint density at radius 3 is 2.23 bits per heavy atom. The summed E-state index contributed by atoms with van der Waals surface area (Å²) < 4.78 is 13.7. The smallest absolute Gasteiger partial charge is 0.300 e. The molecular weight excluding hydrogens is 393 g/mol. The number of nitrogens with zero attached hydrogens (tertiary/aromatic N) is 1. The Balaban J connectivity index is 1.95. The van der Waals surface area contributed by atoms with Crippen LogP contribution in [0.5, 0.6) is 0 Å². The zero-order valence-electron chi connectivity index (χ0n) is 17.5. The quantitative estimate of drug-likeness (QED) is 0.355. The molecule has 0 spiro atoms.